The number of nitrogens with zero attached hydrogens (tertiary/aromatic N) is 3. The van der Waals surface area contributed by atoms with Gasteiger partial charge in [-0.05, 0) is 24.0 Å². The summed E-state index contributed by atoms with van der Waals surface area (Å²) < 4.78 is 1.88. The molecular formula is C23H25N3O3. The fraction of sp³-hybridized carbons (Fsp3) is 0.435. The van der Waals surface area contributed by atoms with Gasteiger partial charge in [-0.2, -0.15) is 0 Å². The molecule has 5 rings (SSSR count). The smallest absolute Gasteiger partial charge is 0.250 e. The van der Waals surface area contributed by atoms with Gasteiger partial charge in [0.15, 0.2) is 0 Å². The summed E-state index contributed by atoms with van der Waals surface area (Å²) in [6.07, 6.45) is 1.27. The minimum Gasteiger partial charge on any atom is -0.341 e. The number of pyridine rings is 1. The van der Waals surface area contributed by atoms with Crippen LogP contribution in [0, 0.1) is 11.8 Å². The number of hydrogen-bond donors (Lipinski definition) is 0. The minimum absolute atomic E-state index is 0.0197. The predicted octanol–water partition coefficient (Wildman–Crippen LogP) is 2.01. The van der Waals surface area contributed by atoms with E-state index in [4.69, 9.17) is 0 Å². The number of benzene rings is 1. The van der Waals surface area contributed by atoms with Crippen LogP contribution in [0.15, 0.2) is 53.3 Å². The molecule has 1 aromatic carbocycles. The van der Waals surface area contributed by atoms with Gasteiger partial charge in [0.25, 0.3) is 5.56 Å². The first kappa shape index (κ1) is 18.2. The second-order valence-corrected chi connectivity index (χ2v) is 8.61. The van der Waals surface area contributed by atoms with Gasteiger partial charge in [0.1, 0.15) is 0 Å². The first-order valence-electron chi connectivity index (χ1n) is 10.3. The number of likely N-dealkylation sites (tertiary alicyclic amines) is 2. The molecular weight excluding hydrogens is 366 g/mol. The van der Waals surface area contributed by atoms with Gasteiger partial charge in [-0.1, -0.05) is 36.4 Å². The third-order valence-corrected chi connectivity index (χ3v) is 6.84. The van der Waals surface area contributed by atoms with Crippen LogP contribution in [0.2, 0.25) is 0 Å². The molecule has 0 aliphatic carbocycles. The predicted molar refractivity (Wildman–Crippen MR) is 108 cm³/mol. The van der Waals surface area contributed by atoms with Crippen molar-refractivity contribution in [2.24, 2.45) is 11.8 Å². The fourth-order valence-corrected chi connectivity index (χ4v) is 5.51. The average molecular weight is 391 g/mol. The summed E-state index contributed by atoms with van der Waals surface area (Å²) in [6, 6.07) is 15.1. The minimum atomic E-state index is -0.355. The molecule has 0 unspecified atom stereocenters. The molecule has 0 spiro atoms. The van der Waals surface area contributed by atoms with E-state index in [1.54, 1.807) is 18.0 Å². The number of piperidine rings is 1. The Balaban J connectivity index is 1.42. The van der Waals surface area contributed by atoms with Crippen molar-refractivity contribution in [1.29, 1.82) is 0 Å². The second-order valence-electron chi connectivity index (χ2n) is 8.61. The first-order chi connectivity index (χ1) is 14.0. The fourth-order valence-electron chi connectivity index (χ4n) is 5.51. The lowest BCUT2D eigenvalue weighted by molar-refractivity contribution is -0.139. The molecule has 3 aliphatic rings. The number of hydrogen-bond acceptors (Lipinski definition) is 3. The van der Waals surface area contributed by atoms with Crippen molar-refractivity contribution in [2.45, 2.75) is 31.3 Å². The molecule has 0 saturated carbocycles. The highest BCUT2D eigenvalue weighted by molar-refractivity contribution is 5.90. The number of rotatable bonds is 2. The molecule has 2 amide bonds. The maximum absolute atomic E-state index is 13.6. The van der Waals surface area contributed by atoms with Crippen LogP contribution in [0.3, 0.4) is 0 Å². The normalized spacial score (nSPS) is 28.4. The Hall–Kier alpha value is -2.89. The van der Waals surface area contributed by atoms with Crippen molar-refractivity contribution < 1.29 is 9.59 Å². The van der Waals surface area contributed by atoms with Gasteiger partial charge >= 0.3 is 0 Å². The van der Waals surface area contributed by atoms with Crippen LogP contribution in [0.25, 0.3) is 0 Å². The number of carbonyl (C=O) groups is 2. The number of aromatic nitrogens is 1. The molecule has 29 heavy (non-hydrogen) atoms. The third kappa shape index (κ3) is 2.98. The molecule has 3 aliphatic heterocycles. The summed E-state index contributed by atoms with van der Waals surface area (Å²) in [5, 5.41) is 0. The Morgan fingerprint density at radius 2 is 1.76 bits per heavy atom. The van der Waals surface area contributed by atoms with E-state index in [0.29, 0.717) is 19.6 Å². The topological polar surface area (TPSA) is 62.6 Å². The molecule has 2 bridgehead atoms. The zero-order valence-corrected chi connectivity index (χ0v) is 16.5. The van der Waals surface area contributed by atoms with Crippen molar-refractivity contribution >= 4 is 11.8 Å². The molecule has 2 saturated heterocycles. The molecule has 2 fully saturated rings. The zero-order chi connectivity index (χ0) is 20.1. The van der Waals surface area contributed by atoms with E-state index in [1.807, 2.05) is 51.9 Å². The van der Waals surface area contributed by atoms with Gasteiger partial charge in [0.2, 0.25) is 11.8 Å². The summed E-state index contributed by atoms with van der Waals surface area (Å²) in [5.74, 6) is 0.205. The van der Waals surface area contributed by atoms with Crippen LogP contribution < -0.4 is 5.56 Å². The summed E-state index contributed by atoms with van der Waals surface area (Å²) >= 11 is 0. The van der Waals surface area contributed by atoms with E-state index in [2.05, 4.69) is 0 Å². The first-order valence-corrected chi connectivity index (χ1v) is 10.3. The molecule has 1 aromatic heterocycles. The molecule has 0 radical (unpaired) electrons. The number of amides is 2. The quantitative estimate of drug-likeness (QED) is 0.787. The van der Waals surface area contributed by atoms with Crippen molar-refractivity contribution in [3.05, 3.63) is 70.1 Å². The largest absolute Gasteiger partial charge is 0.341 e. The van der Waals surface area contributed by atoms with Gasteiger partial charge in [-0.3, -0.25) is 14.4 Å². The van der Waals surface area contributed by atoms with E-state index in [0.717, 1.165) is 17.7 Å². The van der Waals surface area contributed by atoms with E-state index in [9.17, 15) is 14.4 Å². The molecule has 150 valence electrons. The molecule has 0 N–H and O–H groups in total. The SMILES string of the molecule is CN1C(=O)C[C@@H](C(=O)N2C[C@H]3C[C@@H](C2)c2cccc(=O)n2C3)[C@@H]1c1ccccc1. The average Bonchev–Trinajstić information content (AvgIpc) is 3.03. The van der Waals surface area contributed by atoms with Gasteiger partial charge < -0.3 is 14.4 Å². The van der Waals surface area contributed by atoms with Crippen molar-refractivity contribution in [3.63, 3.8) is 0 Å². The van der Waals surface area contributed by atoms with Gasteiger partial charge in [-0.25, -0.2) is 0 Å². The van der Waals surface area contributed by atoms with Crippen LogP contribution in [0.5, 0.6) is 0 Å². The van der Waals surface area contributed by atoms with Crippen molar-refractivity contribution in [3.8, 4) is 0 Å². The van der Waals surface area contributed by atoms with Gasteiger partial charge in [0.05, 0.1) is 12.0 Å². The van der Waals surface area contributed by atoms with Crippen molar-refractivity contribution in [2.75, 3.05) is 20.1 Å². The third-order valence-electron chi connectivity index (χ3n) is 6.84. The Morgan fingerprint density at radius 1 is 0.966 bits per heavy atom. The Kier molecular flexibility index (Phi) is 4.30. The number of fused-ring (bicyclic) bond motifs is 4. The zero-order valence-electron chi connectivity index (χ0n) is 16.5. The highest BCUT2D eigenvalue weighted by Gasteiger charge is 2.46. The van der Waals surface area contributed by atoms with Crippen LogP contribution in [-0.4, -0.2) is 46.3 Å². The van der Waals surface area contributed by atoms with E-state index < -0.39 is 0 Å². The lowest BCUT2D eigenvalue weighted by Gasteiger charge is -2.43. The molecule has 4 atom stereocenters. The standard InChI is InChI=1S/C23H25N3O3/c1-24-21(28)11-18(22(24)16-6-3-2-4-7-16)23(29)25-12-15-10-17(14-25)19-8-5-9-20(27)26(19)13-15/h2-9,15,17-18,22H,10-14H2,1H3/t15-,17+,18-,22+/m1/s1. The summed E-state index contributed by atoms with van der Waals surface area (Å²) in [5.41, 5.74) is 2.09. The molecule has 6 heteroatoms. The maximum Gasteiger partial charge on any atom is 0.250 e. The highest BCUT2D eigenvalue weighted by atomic mass is 16.2. The number of carbonyl (C=O) groups excluding carboxylic acids is 2. The monoisotopic (exact) mass is 391 g/mol. The van der Waals surface area contributed by atoms with E-state index >= 15 is 0 Å². The van der Waals surface area contributed by atoms with Crippen LogP contribution in [-0.2, 0) is 16.1 Å². The van der Waals surface area contributed by atoms with Gasteiger partial charge in [-0.15, -0.1) is 0 Å². The van der Waals surface area contributed by atoms with Crippen LogP contribution in [0.1, 0.15) is 36.1 Å². The van der Waals surface area contributed by atoms with Crippen LogP contribution in [0.4, 0.5) is 0 Å². The lowest BCUT2D eigenvalue weighted by Crippen LogP contribution is -2.51. The molecule has 2 aromatic rings. The van der Waals surface area contributed by atoms with Crippen molar-refractivity contribution in [1.82, 2.24) is 14.4 Å². The van der Waals surface area contributed by atoms with E-state index in [1.165, 1.54) is 0 Å². The summed E-state index contributed by atoms with van der Waals surface area (Å²) in [6.45, 7) is 1.95. The summed E-state index contributed by atoms with van der Waals surface area (Å²) in [4.78, 5) is 41.9. The Labute approximate surface area is 169 Å². The highest BCUT2D eigenvalue weighted by Crippen LogP contribution is 2.41. The molecule has 6 nitrogen and oxygen atoms in total. The van der Waals surface area contributed by atoms with Crippen LogP contribution >= 0.6 is 0 Å². The van der Waals surface area contributed by atoms with Gasteiger partial charge in [0, 0.05) is 50.8 Å². The Bertz CT molecular complexity index is 1020. The lowest BCUT2D eigenvalue weighted by atomic mass is 9.82. The molecule has 4 heterocycles. The summed E-state index contributed by atoms with van der Waals surface area (Å²) in [7, 11) is 1.79. The maximum atomic E-state index is 13.6. The van der Waals surface area contributed by atoms with E-state index in [-0.39, 0.29) is 47.6 Å². The second kappa shape index (κ2) is 6.87. The Morgan fingerprint density at radius 3 is 2.55 bits per heavy atom.